The third-order valence-electron chi connectivity index (χ3n) is 3.14. The molecule has 3 N–H and O–H groups in total. The third kappa shape index (κ3) is 4.57. The quantitative estimate of drug-likeness (QED) is 0.774. The minimum atomic E-state index is -1.03. The van der Waals surface area contributed by atoms with Crippen molar-refractivity contribution < 1.29 is 14.7 Å². The molecule has 0 aromatic heterocycles. The number of aryl methyl sites for hydroxylation is 1. The first-order valence-corrected chi connectivity index (χ1v) is 6.67. The van der Waals surface area contributed by atoms with Crippen molar-refractivity contribution in [3.8, 4) is 0 Å². The Balaban J connectivity index is 2.61. The van der Waals surface area contributed by atoms with Gasteiger partial charge in [-0.25, -0.2) is 9.59 Å². The van der Waals surface area contributed by atoms with Gasteiger partial charge in [-0.1, -0.05) is 43.7 Å². The van der Waals surface area contributed by atoms with Gasteiger partial charge in [0.2, 0.25) is 0 Å². The van der Waals surface area contributed by atoms with Crippen LogP contribution in [0.4, 0.5) is 4.79 Å². The summed E-state index contributed by atoms with van der Waals surface area (Å²) in [7, 11) is 0. The number of hydrogen-bond donors (Lipinski definition) is 3. The first-order chi connectivity index (χ1) is 9.31. The number of nitrogens with one attached hydrogen (secondary N) is 2. The minimum Gasteiger partial charge on any atom is -0.480 e. The predicted molar refractivity (Wildman–Crippen MR) is 77.5 cm³/mol. The number of amides is 2. The van der Waals surface area contributed by atoms with E-state index in [-0.39, 0.29) is 12.0 Å². The van der Waals surface area contributed by atoms with Crippen LogP contribution in [-0.4, -0.2) is 23.1 Å². The highest BCUT2D eigenvalue weighted by atomic mass is 16.4. The summed E-state index contributed by atoms with van der Waals surface area (Å²) in [5.74, 6) is -1.20. The number of rotatable bonds is 5. The van der Waals surface area contributed by atoms with Crippen LogP contribution in [0.2, 0.25) is 0 Å². The number of carbonyl (C=O) groups is 2. The molecule has 0 fully saturated rings. The molecule has 0 bridgehead atoms. The molecule has 110 valence electrons. The molecule has 1 aromatic rings. The number of aliphatic carboxylic acids is 1. The zero-order valence-corrected chi connectivity index (χ0v) is 12.3. The van der Waals surface area contributed by atoms with Gasteiger partial charge in [0.25, 0.3) is 0 Å². The van der Waals surface area contributed by atoms with Crippen molar-refractivity contribution >= 4 is 12.0 Å². The maximum atomic E-state index is 11.8. The Morgan fingerprint density at radius 1 is 1.05 bits per heavy atom. The average molecular weight is 278 g/mol. The first kappa shape index (κ1) is 16.0. The molecule has 5 nitrogen and oxygen atoms in total. The molecule has 0 heterocycles. The topological polar surface area (TPSA) is 78.4 Å². The second kappa shape index (κ2) is 6.93. The van der Waals surface area contributed by atoms with E-state index < -0.39 is 18.0 Å². The molecule has 2 amide bonds. The zero-order valence-electron chi connectivity index (χ0n) is 12.3. The van der Waals surface area contributed by atoms with Crippen LogP contribution in [0.3, 0.4) is 0 Å². The fourth-order valence-corrected chi connectivity index (χ4v) is 1.83. The SMILES string of the molecule is Cc1ccc(C(C)NC(=O)N[C@@H](C(=O)O)C(C)C)cc1. The van der Waals surface area contributed by atoms with Gasteiger partial charge in [0.15, 0.2) is 0 Å². The molecule has 0 aliphatic carbocycles. The second-order valence-electron chi connectivity index (χ2n) is 5.31. The molecule has 20 heavy (non-hydrogen) atoms. The van der Waals surface area contributed by atoms with Gasteiger partial charge in [-0.15, -0.1) is 0 Å². The highest BCUT2D eigenvalue weighted by Gasteiger charge is 2.23. The van der Waals surface area contributed by atoms with Crippen LogP contribution in [0.1, 0.15) is 37.9 Å². The first-order valence-electron chi connectivity index (χ1n) is 6.67. The molecule has 0 saturated carbocycles. The smallest absolute Gasteiger partial charge is 0.326 e. The molecule has 0 aliphatic heterocycles. The van der Waals surface area contributed by atoms with E-state index in [0.29, 0.717) is 0 Å². The van der Waals surface area contributed by atoms with Gasteiger partial charge >= 0.3 is 12.0 Å². The van der Waals surface area contributed by atoms with Crippen molar-refractivity contribution in [1.82, 2.24) is 10.6 Å². The van der Waals surface area contributed by atoms with Crippen LogP contribution in [0, 0.1) is 12.8 Å². The Morgan fingerprint density at radius 2 is 1.60 bits per heavy atom. The van der Waals surface area contributed by atoms with E-state index in [2.05, 4.69) is 10.6 Å². The summed E-state index contributed by atoms with van der Waals surface area (Å²) < 4.78 is 0. The Kier molecular flexibility index (Phi) is 5.55. The number of hydrogen-bond acceptors (Lipinski definition) is 2. The third-order valence-corrected chi connectivity index (χ3v) is 3.14. The van der Waals surface area contributed by atoms with Gasteiger partial charge in [-0.3, -0.25) is 0 Å². The van der Waals surface area contributed by atoms with Crippen LogP contribution in [0.5, 0.6) is 0 Å². The van der Waals surface area contributed by atoms with Crippen LogP contribution < -0.4 is 10.6 Å². The largest absolute Gasteiger partial charge is 0.480 e. The van der Waals surface area contributed by atoms with Crippen molar-refractivity contribution in [2.24, 2.45) is 5.92 Å². The van der Waals surface area contributed by atoms with E-state index in [9.17, 15) is 9.59 Å². The van der Waals surface area contributed by atoms with Crippen molar-refractivity contribution in [2.75, 3.05) is 0 Å². The Labute approximate surface area is 119 Å². The van der Waals surface area contributed by atoms with Crippen molar-refractivity contribution in [1.29, 1.82) is 0 Å². The molecule has 0 spiro atoms. The Bertz CT molecular complexity index is 469. The maximum Gasteiger partial charge on any atom is 0.326 e. The summed E-state index contributed by atoms with van der Waals surface area (Å²) in [6.07, 6.45) is 0. The van der Waals surface area contributed by atoms with Gasteiger partial charge in [-0.05, 0) is 25.3 Å². The number of carboxylic acid groups (broad SMARTS) is 1. The van der Waals surface area contributed by atoms with E-state index in [1.54, 1.807) is 13.8 Å². The molecule has 1 unspecified atom stereocenters. The number of benzene rings is 1. The molecule has 5 heteroatoms. The van der Waals surface area contributed by atoms with Crippen LogP contribution in [-0.2, 0) is 4.79 Å². The van der Waals surface area contributed by atoms with E-state index in [4.69, 9.17) is 5.11 Å². The number of urea groups is 1. The molecular weight excluding hydrogens is 256 g/mol. The summed E-state index contributed by atoms with van der Waals surface area (Å²) in [5, 5.41) is 14.3. The summed E-state index contributed by atoms with van der Waals surface area (Å²) in [6, 6.07) is 6.28. The maximum absolute atomic E-state index is 11.8. The van der Waals surface area contributed by atoms with E-state index in [1.165, 1.54) is 0 Å². The van der Waals surface area contributed by atoms with Gasteiger partial charge in [0.1, 0.15) is 6.04 Å². The Hall–Kier alpha value is -2.04. The van der Waals surface area contributed by atoms with Crippen LogP contribution >= 0.6 is 0 Å². The van der Waals surface area contributed by atoms with Crippen LogP contribution in [0.15, 0.2) is 24.3 Å². The fourth-order valence-electron chi connectivity index (χ4n) is 1.83. The summed E-state index contributed by atoms with van der Waals surface area (Å²) >= 11 is 0. The highest BCUT2D eigenvalue weighted by Crippen LogP contribution is 2.13. The zero-order chi connectivity index (χ0) is 15.3. The van der Waals surface area contributed by atoms with Crippen molar-refractivity contribution in [2.45, 2.75) is 39.8 Å². The molecule has 1 aromatic carbocycles. The highest BCUT2D eigenvalue weighted by molar-refractivity contribution is 5.82. The van der Waals surface area contributed by atoms with Gasteiger partial charge in [-0.2, -0.15) is 0 Å². The van der Waals surface area contributed by atoms with Gasteiger partial charge < -0.3 is 15.7 Å². The number of carboxylic acids is 1. The lowest BCUT2D eigenvalue weighted by molar-refractivity contribution is -0.140. The number of carbonyl (C=O) groups excluding carboxylic acids is 1. The summed E-state index contributed by atoms with van der Waals surface area (Å²) in [5.41, 5.74) is 2.12. The average Bonchev–Trinajstić information content (AvgIpc) is 2.35. The lowest BCUT2D eigenvalue weighted by Crippen LogP contribution is -2.49. The molecule has 0 aliphatic rings. The molecule has 2 atom stereocenters. The Morgan fingerprint density at radius 3 is 2.05 bits per heavy atom. The van der Waals surface area contributed by atoms with E-state index in [1.807, 2.05) is 38.1 Å². The van der Waals surface area contributed by atoms with Crippen LogP contribution in [0.25, 0.3) is 0 Å². The van der Waals surface area contributed by atoms with Gasteiger partial charge in [0.05, 0.1) is 6.04 Å². The van der Waals surface area contributed by atoms with E-state index >= 15 is 0 Å². The van der Waals surface area contributed by atoms with Crippen molar-refractivity contribution in [3.05, 3.63) is 35.4 Å². The van der Waals surface area contributed by atoms with Gasteiger partial charge in [0, 0.05) is 0 Å². The van der Waals surface area contributed by atoms with E-state index in [0.717, 1.165) is 11.1 Å². The standard InChI is InChI=1S/C15H22N2O3/c1-9(2)13(14(18)19)17-15(20)16-11(4)12-7-5-10(3)6-8-12/h5-9,11,13H,1-4H3,(H,18,19)(H2,16,17,20)/t11?,13-/m1/s1. The molecular formula is C15H22N2O3. The molecule has 0 saturated heterocycles. The summed E-state index contributed by atoms with van der Waals surface area (Å²) in [4.78, 5) is 22.9. The predicted octanol–water partition coefficient (Wildman–Crippen LogP) is 2.46. The lowest BCUT2D eigenvalue weighted by atomic mass is 10.0. The summed E-state index contributed by atoms with van der Waals surface area (Å²) in [6.45, 7) is 7.36. The fraction of sp³-hybridized carbons (Fsp3) is 0.467. The minimum absolute atomic E-state index is 0.173. The monoisotopic (exact) mass is 278 g/mol. The molecule has 0 radical (unpaired) electrons. The molecule has 1 rings (SSSR count). The normalized spacial score (nSPS) is 13.7. The lowest BCUT2D eigenvalue weighted by Gasteiger charge is -2.20. The van der Waals surface area contributed by atoms with Crippen molar-refractivity contribution in [3.63, 3.8) is 0 Å². The second-order valence-corrected chi connectivity index (χ2v) is 5.31.